The molecule has 0 spiro atoms. The summed E-state index contributed by atoms with van der Waals surface area (Å²) >= 11 is 0. The maximum absolute atomic E-state index is 11.7. The van der Waals surface area contributed by atoms with Crippen LogP contribution in [0, 0.1) is 0 Å². The van der Waals surface area contributed by atoms with Gasteiger partial charge in [0.2, 0.25) is 0 Å². The summed E-state index contributed by atoms with van der Waals surface area (Å²) in [6.45, 7) is 0. The third-order valence-electron chi connectivity index (χ3n) is 2.94. The average Bonchev–Trinajstić information content (AvgIpc) is 2.54. The van der Waals surface area contributed by atoms with Gasteiger partial charge in [-0.1, -0.05) is 48.5 Å². The maximum Gasteiger partial charge on any atom is 0.342 e. The van der Waals surface area contributed by atoms with Crippen LogP contribution in [0.4, 0.5) is 0 Å². The van der Waals surface area contributed by atoms with E-state index in [4.69, 9.17) is 4.74 Å². The number of allylic oxidation sites excluding steroid dienone is 1. The van der Waals surface area contributed by atoms with E-state index in [1.54, 1.807) is 24.3 Å². The molecule has 0 aromatic heterocycles. The molecule has 0 aliphatic carbocycles. The van der Waals surface area contributed by atoms with Gasteiger partial charge in [0.15, 0.2) is 5.78 Å². The lowest BCUT2D eigenvalue weighted by molar-refractivity contribution is -0.114. The van der Waals surface area contributed by atoms with Gasteiger partial charge in [0.25, 0.3) is 0 Å². The SMILES string of the molecule is O=C(C=COC(=O)c1ccccc1)CCc1ccccc1. The van der Waals surface area contributed by atoms with E-state index in [1.165, 1.54) is 6.08 Å². The van der Waals surface area contributed by atoms with Crippen LogP contribution in [0.2, 0.25) is 0 Å². The van der Waals surface area contributed by atoms with Crippen molar-refractivity contribution in [3.05, 3.63) is 84.1 Å². The van der Waals surface area contributed by atoms with Crippen molar-refractivity contribution in [2.75, 3.05) is 0 Å². The fourth-order valence-electron chi connectivity index (χ4n) is 1.81. The third-order valence-corrected chi connectivity index (χ3v) is 2.94. The standard InChI is InChI=1S/C18H16O3/c19-17(12-11-15-7-3-1-4-8-15)13-14-21-18(20)16-9-5-2-6-10-16/h1-10,13-14H,11-12H2. The van der Waals surface area contributed by atoms with E-state index in [0.717, 1.165) is 11.8 Å². The molecule has 0 amide bonds. The molecule has 0 heterocycles. The zero-order chi connectivity index (χ0) is 14.9. The van der Waals surface area contributed by atoms with Crippen LogP contribution in [0.25, 0.3) is 0 Å². The highest BCUT2D eigenvalue weighted by Crippen LogP contribution is 2.04. The van der Waals surface area contributed by atoms with Crippen LogP contribution in [0.3, 0.4) is 0 Å². The molecule has 0 aliphatic rings. The van der Waals surface area contributed by atoms with E-state index in [9.17, 15) is 9.59 Å². The predicted molar refractivity (Wildman–Crippen MR) is 80.8 cm³/mol. The smallest absolute Gasteiger partial charge is 0.342 e. The van der Waals surface area contributed by atoms with Crippen molar-refractivity contribution in [2.24, 2.45) is 0 Å². The molecule has 2 rings (SSSR count). The molecule has 0 atom stereocenters. The minimum atomic E-state index is -0.470. The number of carbonyl (C=O) groups excluding carboxylic acids is 2. The summed E-state index contributed by atoms with van der Waals surface area (Å²) in [5.74, 6) is -0.539. The van der Waals surface area contributed by atoms with Gasteiger partial charge in [-0.15, -0.1) is 0 Å². The zero-order valence-corrected chi connectivity index (χ0v) is 11.6. The monoisotopic (exact) mass is 280 g/mol. The first-order valence-corrected chi connectivity index (χ1v) is 6.75. The van der Waals surface area contributed by atoms with Gasteiger partial charge in [-0.3, -0.25) is 4.79 Å². The number of rotatable bonds is 6. The number of benzene rings is 2. The predicted octanol–water partition coefficient (Wildman–Crippen LogP) is 3.56. The van der Waals surface area contributed by atoms with E-state index in [1.807, 2.05) is 36.4 Å². The highest BCUT2D eigenvalue weighted by atomic mass is 16.5. The molecule has 0 radical (unpaired) electrons. The van der Waals surface area contributed by atoms with E-state index in [-0.39, 0.29) is 5.78 Å². The first-order chi connectivity index (χ1) is 10.3. The lowest BCUT2D eigenvalue weighted by Crippen LogP contribution is -2.01. The molecule has 0 saturated heterocycles. The molecule has 0 fully saturated rings. The fraction of sp³-hybridized carbons (Fsp3) is 0.111. The van der Waals surface area contributed by atoms with Crippen molar-refractivity contribution < 1.29 is 14.3 Å². The van der Waals surface area contributed by atoms with Gasteiger partial charge in [-0.05, 0) is 24.1 Å². The molecular weight excluding hydrogens is 264 g/mol. The Kier molecular flexibility index (Phi) is 5.47. The van der Waals surface area contributed by atoms with E-state index in [0.29, 0.717) is 18.4 Å². The van der Waals surface area contributed by atoms with Gasteiger partial charge >= 0.3 is 5.97 Å². The van der Waals surface area contributed by atoms with Crippen LogP contribution in [-0.4, -0.2) is 11.8 Å². The Morgan fingerprint density at radius 2 is 1.52 bits per heavy atom. The van der Waals surface area contributed by atoms with Crippen LogP contribution in [0.15, 0.2) is 73.0 Å². The van der Waals surface area contributed by atoms with Crippen LogP contribution >= 0.6 is 0 Å². The number of ether oxygens (including phenoxy) is 1. The van der Waals surface area contributed by atoms with Crippen molar-refractivity contribution in [1.29, 1.82) is 0 Å². The fourth-order valence-corrected chi connectivity index (χ4v) is 1.81. The number of carbonyl (C=O) groups is 2. The number of esters is 1. The lowest BCUT2D eigenvalue weighted by Gasteiger charge is -1.99. The van der Waals surface area contributed by atoms with Crippen LogP contribution in [-0.2, 0) is 16.0 Å². The van der Waals surface area contributed by atoms with Crippen molar-refractivity contribution in [3.8, 4) is 0 Å². The Balaban J connectivity index is 1.76. The second-order valence-electron chi connectivity index (χ2n) is 4.53. The molecule has 106 valence electrons. The topological polar surface area (TPSA) is 43.4 Å². The van der Waals surface area contributed by atoms with Crippen molar-refractivity contribution in [1.82, 2.24) is 0 Å². The maximum atomic E-state index is 11.7. The Morgan fingerprint density at radius 3 is 2.19 bits per heavy atom. The summed E-state index contributed by atoms with van der Waals surface area (Å²) in [4.78, 5) is 23.3. The number of ketones is 1. The quantitative estimate of drug-likeness (QED) is 0.461. The zero-order valence-electron chi connectivity index (χ0n) is 11.6. The highest BCUT2D eigenvalue weighted by Gasteiger charge is 2.04. The summed E-state index contributed by atoms with van der Waals surface area (Å²) in [7, 11) is 0. The summed E-state index contributed by atoms with van der Waals surface area (Å²) < 4.78 is 4.91. The molecule has 3 heteroatoms. The average molecular weight is 280 g/mol. The molecule has 0 bridgehead atoms. The molecule has 21 heavy (non-hydrogen) atoms. The number of hydrogen-bond acceptors (Lipinski definition) is 3. The van der Waals surface area contributed by atoms with E-state index in [2.05, 4.69) is 0 Å². The van der Waals surface area contributed by atoms with E-state index < -0.39 is 5.97 Å². The normalized spacial score (nSPS) is 10.5. The Bertz CT molecular complexity index is 615. The van der Waals surface area contributed by atoms with Gasteiger partial charge < -0.3 is 4.74 Å². The van der Waals surface area contributed by atoms with Crippen LogP contribution in [0.5, 0.6) is 0 Å². The molecule has 2 aromatic rings. The van der Waals surface area contributed by atoms with Gasteiger partial charge in [-0.2, -0.15) is 0 Å². The Labute approximate surface area is 123 Å². The van der Waals surface area contributed by atoms with Crippen LogP contribution in [0.1, 0.15) is 22.3 Å². The summed E-state index contributed by atoms with van der Waals surface area (Å²) in [5, 5.41) is 0. The van der Waals surface area contributed by atoms with Gasteiger partial charge in [0.05, 0.1) is 11.8 Å². The lowest BCUT2D eigenvalue weighted by atomic mass is 10.1. The first kappa shape index (κ1) is 14.7. The molecule has 0 aliphatic heterocycles. The largest absolute Gasteiger partial charge is 0.431 e. The summed E-state index contributed by atoms with van der Waals surface area (Å²) in [6.07, 6.45) is 3.52. The minimum Gasteiger partial charge on any atom is -0.431 e. The van der Waals surface area contributed by atoms with E-state index >= 15 is 0 Å². The second-order valence-corrected chi connectivity index (χ2v) is 4.53. The molecule has 0 N–H and O–H groups in total. The van der Waals surface area contributed by atoms with Crippen LogP contribution < -0.4 is 0 Å². The van der Waals surface area contributed by atoms with Gasteiger partial charge in [0, 0.05) is 12.5 Å². The molecule has 0 unspecified atom stereocenters. The summed E-state index contributed by atoms with van der Waals surface area (Å²) in [6, 6.07) is 18.4. The second kappa shape index (κ2) is 7.80. The van der Waals surface area contributed by atoms with Crippen molar-refractivity contribution >= 4 is 11.8 Å². The third kappa shape index (κ3) is 5.07. The molecule has 0 saturated carbocycles. The Hall–Kier alpha value is -2.68. The van der Waals surface area contributed by atoms with Gasteiger partial charge in [-0.25, -0.2) is 4.79 Å². The molecule has 2 aromatic carbocycles. The minimum absolute atomic E-state index is 0.0697. The molecular formula is C18H16O3. The van der Waals surface area contributed by atoms with Crippen molar-refractivity contribution in [2.45, 2.75) is 12.8 Å². The Morgan fingerprint density at radius 1 is 0.905 bits per heavy atom. The number of hydrogen-bond donors (Lipinski definition) is 0. The first-order valence-electron chi connectivity index (χ1n) is 6.75. The summed E-state index contributed by atoms with van der Waals surface area (Å²) in [5.41, 5.74) is 1.57. The molecule has 3 nitrogen and oxygen atoms in total. The van der Waals surface area contributed by atoms with Gasteiger partial charge in [0.1, 0.15) is 0 Å². The highest BCUT2D eigenvalue weighted by molar-refractivity contribution is 5.92. The number of aryl methyl sites for hydroxylation is 1. The van der Waals surface area contributed by atoms with Crippen molar-refractivity contribution in [3.63, 3.8) is 0 Å².